The van der Waals surface area contributed by atoms with Crippen LogP contribution in [0.2, 0.25) is 0 Å². The Morgan fingerprint density at radius 3 is 2.40 bits per heavy atom. The van der Waals surface area contributed by atoms with Crippen molar-refractivity contribution in [3.63, 3.8) is 0 Å². The summed E-state index contributed by atoms with van der Waals surface area (Å²) in [5.41, 5.74) is 1.96. The smallest absolute Gasteiger partial charge is 0.323 e. The van der Waals surface area contributed by atoms with Crippen molar-refractivity contribution < 1.29 is 9.53 Å². The quantitative estimate of drug-likeness (QED) is 0.490. The van der Waals surface area contributed by atoms with Crippen molar-refractivity contribution in [2.75, 3.05) is 0 Å². The zero-order valence-electron chi connectivity index (χ0n) is 10.7. The maximum Gasteiger partial charge on any atom is 0.323 e. The summed E-state index contributed by atoms with van der Waals surface area (Å²) in [7, 11) is 0. The second-order valence-corrected chi connectivity index (χ2v) is 4.96. The minimum absolute atomic E-state index is 0.192. The summed E-state index contributed by atoms with van der Waals surface area (Å²) >= 11 is 0. The molecule has 20 heavy (non-hydrogen) atoms. The average Bonchev–Trinajstić information content (AvgIpc) is 2.84. The Labute approximate surface area is 116 Å². The van der Waals surface area contributed by atoms with Gasteiger partial charge in [0.15, 0.2) is 0 Å². The third kappa shape index (κ3) is 1.55. The third-order valence-electron chi connectivity index (χ3n) is 3.80. The minimum Gasteiger partial charge on any atom is -0.425 e. The van der Waals surface area contributed by atoms with Gasteiger partial charge in [-0.25, -0.2) is 0 Å². The molecule has 96 valence electrons. The fourth-order valence-electron chi connectivity index (χ4n) is 2.90. The van der Waals surface area contributed by atoms with Gasteiger partial charge in [0.25, 0.3) is 0 Å². The number of ether oxygens (including phenoxy) is 1. The first-order valence-electron chi connectivity index (χ1n) is 6.63. The molecule has 1 aliphatic rings. The van der Waals surface area contributed by atoms with E-state index in [0.29, 0.717) is 5.75 Å². The van der Waals surface area contributed by atoms with E-state index in [0.717, 1.165) is 21.9 Å². The Balaban J connectivity index is 2.02. The van der Waals surface area contributed by atoms with Gasteiger partial charge in [-0.3, -0.25) is 4.79 Å². The molecule has 3 aromatic carbocycles. The number of hydrogen-bond donors (Lipinski definition) is 0. The predicted octanol–water partition coefficient (Wildman–Crippen LogP) is 3.89. The summed E-state index contributed by atoms with van der Waals surface area (Å²) in [4.78, 5) is 12.3. The zero-order chi connectivity index (χ0) is 13.5. The van der Waals surface area contributed by atoms with Crippen molar-refractivity contribution in [1.29, 1.82) is 0 Å². The number of rotatable bonds is 1. The maximum atomic E-state index is 12.3. The molecule has 0 saturated heterocycles. The average molecular weight is 260 g/mol. The topological polar surface area (TPSA) is 26.3 Å². The Hall–Kier alpha value is -2.61. The number of fused-ring (bicyclic) bond motifs is 3. The first-order valence-corrected chi connectivity index (χ1v) is 6.63. The highest BCUT2D eigenvalue weighted by atomic mass is 16.5. The molecule has 2 nitrogen and oxygen atoms in total. The molecule has 0 aromatic heterocycles. The lowest BCUT2D eigenvalue weighted by molar-refractivity contribution is -0.133. The van der Waals surface area contributed by atoms with E-state index < -0.39 is 0 Å². The number of carbonyl (C=O) groups is 1. The van der Waals surface area contributed by atoms with E-state index >= 15 is 0 Å². The second kappa shape index (κ2) is 4.20. The molecule has 3 aromatic rings. The molecule has 0 radical (unpaired) electrons. The van der Waals surface area contributed by atoms with Crippen LogP contribution in [0.1, 0.15) is 17.0 Å². The van der Waals surface area contributed by atoms with E-state index in [1.54, 1.807) is 0 Å². The fraction of sp³-hybridized carbons (Fsp3) is 0.0556. The van der Waals surface area contributed by atoms with E-state index in [2.05, 4.69) is 6.07 Å². The number of esters is 1. The molecule has 1 atom stereocenters. The van der Waals surface area contributed by atoms with Crippen LogP contribution in [0, 0.1) is 0 Å². The molecule has 0 amide bonds. The van der Waals surface area contributed by atoms with Gasteiger partial charge in [-0.05, 0) is 22.4 Å². The standard InChI is InChI=1S/C18H12O2/c19-18-16(13-7-2-1-3-8-13)17-14-9-5-4-6-12(14)10-11-15(17)20-18/h1-11,16H. The van der Waals surface area contributed by atoms with Crippen molar-refractivity contribution in [2.45, 2.75) is 5.92 Å². The van der Waals surface area contributed by atoms with Crippen molar-refractivity contribution in [2.24, 2.45) is 0 Å². The lowest BCUT2D eigenvalue weighted by Crippen LogP contribution is -2.11. The first-order chi connectivity index (χ1) is 9.84. The van der Waals surface area contributed by atoms with E-state index in [1.165, 1.54) is 0 Å². The molecular weight excluding hydrogens is 248 g/mol. The molecule has 1 aliphatic heterocycles. The SMILES string of the molecule is O=C1Oc2ccc3ccccc3c2C1c1ccccc1. The minimum atomic E-state index is -0.322. The van der Waals surface area contributed by atoms with Crippen LogP contribution in [0.4, 0.5) is 0 Å². The van der Waals surface area contributed by atoms with Crippen LogP contribution < -0.4 is 4.74 Å². The van der Waals surface area contributed by atoms with E-state index in [1.807, 2.05) is 60.7 Å². The lowest BCUT2D eigenvalue weighted by atomic mass is 9.89. The molecule has 0 N–H and O–H groups in total. The summed E-state index contributed by atoms with van der Waals surface area (Å²) in [6, 6.07) is 21.8. The largest absolute Gasteiger partial charge is 0.425 e. The number of hydrogen-bond acceptors (Lipinski definition) is 2. The molecule has 0 saturated carbocycles. The molecule has 1 heterocycles. The van der Waals surface area contributed by atoms with Crippen molar-refractivity contribution in [3.8, 4) is 5.75 Å². The molecule has 4 rings (SSSR count). The normalized spacial score (nSPS) is 17.0. The van der Waals surface area contributed by atoms with E-state index in [4.69, 9.17) is 4.74 Å². The van der Waals surface area contributed by atoms with Gasteiger partial charge in [0.05, 0.1) is 0 Å². The van der Waals surface area contributed by atoms with Crippen molar-refractivity contribution in [3.05, 3.63) is 77.9 Å². The summed E-state index contributed by atoms with van der Waals surface area (Å²) in [5, 5.41) is 2.22. The van der Waals surface area contributed by atoms with Crippen LogP contribution in [0.15, 0.2) is 66.7 Å². The zero-order valence-corrected chi connectivity index (χ0v) is 10.7. The highest BCUT2D eigenvalue weighted by Gasteiger charge is 2.35. The lowest BCUT2D eigenvalue weighted by Gasteiger charge is -2.10. The molecule has 0 fully saturated rings. The second-order valence-electron chi connectivity index (χ2n) is 4.96. The molecule has 0 aliphatic carbocycles. The number of benzene rings is 3. The van der Waals surface area contributed by atoms with E-state index in [-0.39, 0.29) is 11.9 Å². The molecule has 0 spiro atoms. The van der Waals surface area contributed by atoms with Crippen molar-refractivity contribution in [1.82, 2.24) is 0 Å². The van der Waals surface area contributed by atoms with Crippen LogP contribution in [0.3, 0.4) is 0 Å². The summed E-state index contributed by atoms with van der Waals surface area (Å²) < 4.78 is 5.44. The monoisotopic (exact) mass is 260 g/mol. The molecule has 0 bridgehead atoms. The highest BCUT2D eigenvalue weighted by molar-refractivity contribution is 5.99. The Morgan fingerprint density at radius 2 is 1.55 bits per heavy atom. The van der Waals surface area contributed by atoms with Crippen LogP contribution in [0.5, 0.6) is 5.75 Å². The van der Waals surface area contributed by atoms with Crippen LogP contribution in [-0.2, 0) is 4.79 Å². The van der Waals surface area contributed by atoms with Crippen LogP contribution >= 0.6 is 0 Å². The third-order valence-corrected chi connectivity index (χ3v) is 3.80. The van der Waals surface area contributed by atoms with Gasteiger partial charge in [0.1, 0.15) is 11.7 Å². The van der Waals surface area contributed by atoms with Gasteiger partial charge < -0.3 is 4.74 Å². The number of carbonyl (C=O) groups excluding carboxylic acids is 1. The Bertz CT molecular complexity index is 806. The highest BCUT2D eigenvalue weighted by Crippen LogP contribution is 2.43. The predicted molar refractivity (Wildman–Crippen MR) is 77.9 cm³/mol. The van der Waals surface area contributed by atoms with Gasteiger partial charge >= 0.3 is 5.97 Å². The maximum absolute atomic E-state index is 12.3. The molecule has 2 heteroatoms. The van der Waals surface area contributed by atoms with Crippen LogP contribution in [0.25, 0.3) is 10.8 Å². The summed E-state index contributed by atoms with van der Waals surface area (Å²) in [5.74, 6) is 0.169. The Kier molecular flexibility index (Phi) is 2.36. The van der Waals surface area contributed by atoms with Gasteiger partial charge in [-0.2, -0.15) is 0 Å². The van der Waals surface area contributed by atoms with Gasteiger partial charge in [-0.1, -0.05) is 60.7 Å². The van der Waals surface area contributed by atoms with E-state index in [9.17, 15) is 4.79 Å². The fourth-order valence-corrected chi connectivity index (χ4v) is 2.90. The molecule has 1 unspecified atom stereocenters. The summed E-state index contributed by atoms with van der Waals surface area (Å²) in [6.45, 7) is 0. The summed E-state index contributed by atoms with van der Waals surface area (Å²) in [6.07, 6.45) is 0. The van der Waals surface area contributed by atoms with Gasteiger partial charge in [0, 0.05) is 5.56 Å². The van der Waals surface area contributed by atoms with Crippen molar-refractivity contribution >= 4 is 16.7 Å². The first kappa shape index (κ1) is 11.2. The Morgan fingerprint density at radius 1 is 0.800 bits per heavy atom. The van der Waals surface area contributed by atoms with Crippen LogP contribution in [-0.4, -0.2) is 5.97 Å². The van der Waals surface area contributed by atoms with Gasteiger partial charge in [0.2, 0.25) is 0 Å². The molecular formula is C18H12O2. The van der Waals surface area contributed by atoms with Gasteiger partial charge in [-0.15, -0.1) is 0 Å².